The van der Waals surface area contributed by atoms with Crippen molar-refractivity contribution in [2.45, 2.75) is 0 Å². The number of nitrogens with two attached hydrogens (primary N) is 1. The fourth-order valence-electron chi connectivity index (χ4n) is 1.73. The molecule has 0 heterocycles. The van der Waals surface area contributed by atoms with Crippen molar-refractivity contribution in [3.63, 3.8) is 0 Å². The second kappa shape index (κ2) is 5.63. The lowest BCUT2D eigenvalue weighted by Gasteiger charge is -2.11. The van der Waals surface area contributed by atoms with Gasteiger partial charge in [-0.25, -0.2) is 4.79 Å². The van der Waals surface area contributed by atoms with Crippen LogP contribution in [0.1, 0.15) is 20.7 Å². The monoisotopic (exact) mass is 290 g/mol. The minimum Gasteiger partial charge on any atom is -0.478 e. The molecule has 4 N–H and O–H groups in total. The fourth-order valence-corrected chi connectivity index (χ4v) is 2.00. The van der Waals surface area contributed by atoms with Gasteiger partial charge in [-0.1, -0.05) is 17.7 Å². The smallest absolute Gasteiger partial charge is 0.335 e. The second-order valence-corrected chi connectivity index (χ2v) is 4.44. The number of hydrogen-bond donors (Lipinski definition) is 3. The van der Waals surface area contributed by atoms with Crippen LogP contribution < -0.4 is 11.1 Å². The summed E-state index contributed by atoms with van der Waals surface area (Å²) in [5, 5.41) is 12.1. The molecule has 0 fully saturated rings. The molecule has 5 nitrogen and oxygen atoms in total. The maximum atomic E-state index is 11.4. The number of carboxylic acid groups (broad SMARTS) is 1. The predicted molar refractivity (Wildman–Crippen MR) is 76.7 cm³/mol. The highest BCUT2D eigenvalue weighted by Gasteiger charge is 2.12. The summed E-state index contributed by atoms with van der Waals surface area (Å²) in [7, 11) is 0. The summed E-state index contributed by atoms with van der Waals surface area (Å²) >= 11 is 5.94. The Bertz CT molecular complexity index is 669. The third kappa shape index (κ3) is 2.89. The Labute approximate surface area is 120 Å². The van der Waals surface area contributed by atoms with Gasteiger partial charge < -0.3 is 16.2 Å². The molecule has 0 spiro atoms. The predicted octanol–water partition coefficient (Wildman–Crippen LogP) is 2.88. The van der Waals surface area contributed by atoms with E-state index >= 15 is 0 Å². The summed E-state index contributed by atoms with van der Waals surface area (Å²) in [6.45, 7) is 0. The van der Waals surface area contributed by atoms with Gasteiger partial charge in [0.05, 0.1) is 21.8 Å². The second-order valence-electron chi connectivity index (χ2n) is 4.03. The highest BCUT2D eigenvalue weighted by atomic mass is 35.5. The van der Waals surface area contributed by atoms with E-state index in [4.69, 9.17) is 22.4 Å². The lowest BCUT2D eigenvalue weighted by Crippen LogP contribution is -2.14. The quantitative estimate of drug-likeness (QED) is 0.807. The van der Waals surface area contributed by atoms with Gasteiger partial charge in [-0.3, -0.25) is 4.79 Å². The van der Waals surface area contributed by atoms with E-state index in [2.05, 4.69) is 5.32 Å². The molecule has 0 aliphatic heterocycles. The number of benzene rings is 2. The largest absolute Gasteiger partial charge is 0.478 e. The number of aromatic carboxylic acids is 1. The zero-order chi connectivity index (χ0) is 14.7. The molecule has 2 aromatic rings. The maximum absolute atomic E-state index is 11.4. The average molecular weight is 291 g/mol. The topological polar surface area (TPSA) is 92.4 Å². The minimum absolute atomic E-state index is 0.178. The van der Waals surface area contributed by atoms with Crippen LogP contribution in [0.5, 0.6) is 0 Å². The van der Waals surface area contributed by atoms with Gasteiger partial charge in [-0.05, 0) is 36.4 Å². The molecule has 20 heavy (non-hydrogen) atoms. The third-order valence-electron chi connectivity index (χ3n) is 2.67. The van der Waals surface area contributed by atoms with E-state index in [0.717, 1.165) is 0 Å². The van der Waals surface area contributed by atoms with E-state index in [9.17, 15) is 9.59 Å². The average Bonchev–Trinajstić information content (AvgIpc) is 2.39. The Kier molecular flexibility index (Phi) is 3.91. The number of primary amides is 1. The van der Waals surface area contributed by atoms with Crippen molar-refractivity contribution in [2.75, 3.05) is 5.32 Å². The first kappa shape index (κ1) is 13.9. The Morgan fingerprint density at radius 2 is 1.75 bits per heavy atom. The number of carboxylic acids is 1. The van der Waals surface area contributed by atoms with Gasteiger partial charge in [0.15, 0.2) is 0 Å². The summed E-state index contributed by atoms with van der Waals surface area (Å²) in [5.41, 5.74) is 6.75. The normalized spacial score (nSPS) is 10.1. The van der Waals surface area contributed by atoms with Crippen molar-refractivity contribution in [3.05, 3.63) is 58.6 Å². The Morgan fingerprint density at radius 1 is 1.10 bits per heavy atom. The number of nitrogens with one attached hydrogen (secondary N) is 1. The highest BCUT2D eigenvalue weighted by Crippen LogP contribution is 2.26. The molecule has 0 aromatic heterocycles. The molecule has 0 bridgehead atoms. The van der Waals surface area contributed by atoms with Crippen molar-refractivity contribution in [3.8, 4) is 0 Å². The molecular weight excluding hydrogens is 280 g/mol. The van der Waals surface area contributed by atoms with Gasteiger partial charge >= 0.3 is 5.97 Å². The highest BCUT2D eigenvalue weighted by molar-refractivity contribution is 6.34. The fraction of sp³-hybridized carbons (Fsp3) is 0. The number of anilines is 2. The molecule has 0 aliphatic rings. The van der Waals surface area contributed by atoms with Crippen molar-refractivity contribution in [1.29, 1.82) is 0 Å². The van der Waals surface area contributed by atoms with E-state index < -0.39 is 11.9 Å². The zero-order valence-electron chi connectivity index (χ0n) is 10.3. The van der Waals surface area contributed by atoms with Gasteiger partial charge in [-0.15, -0.1) is 0 Å². The Balaban J connectivity index is 2.33. The van der Waals surface area contributed by atoms with Gasteiger partial charge in [0.25, 0.3) is 5.91 Å². The third-order valence-corrected chi connectivity index (χ3v) is 2.99. The first-order valence-electron chi connectivity index (χ1n) is 5.67. The molecule has 0 atom stereocenters. The van der Waals surface area contributed by atoms with Crippen LogP contribution in [0.15, 0.2) is 42.5 Å². The number of hydrogen-bond acceptors (Lipinski definition) is 3. The molecule has 2 aromatic carbocycles. The van der Waals surface area contributed by atoms with Crippen LogP contribution in [0.25, 0.3) is 0 Å². The number of halogens is 1. The van der Waals surface area contributed by atoms with Crippen LogP contribution in [-0.4, -0.2) is 17.0 Å². The molecular formula is C14H11ClN2O3. The van der Waals surface area contributed by atoms with Crippen molar-refractivity contribution < 1.29 is 14.7 Å². The summed E-state index contributed by atoms with van der Waals surface area (Å²) in [6.07, 6.45) is 0. The lowest BCUT2D eigenvalue weighted by atomic mass is 10.1. The molecule has 0 saturated carbocycles. The molecule has 0 aliphatic carbocycles. The minimum atomic E-state index is -1.00. The van der Waals surface area contributed by atoms with Crippen molar-refractivity contribution in [2.24, 2.45) is 5.73 Å². The van der Waals surface area contributed by atoms with Crippen LogP contribution in [0, 0.1) is 0 Å². The first-order valence-corrected chi connectivity index (χ1v) is 6.05. The number of carbonyl (C=O) groups is 2. The number of carbonyl (C=O) groups excluding carboxylic acids is 1. The van der Waals surface area contributed by atoms with E-state index in [-0.39, 0.29) is 16.1 Å². The summed E-state index contributed by atoms with van der Waals surface area (Å²) in [6, 6.07) is 11.0. The summed E-state index contributed by atoms with van der Waals surface area (Å²) < 4.78 is 0. The SMILES string of the molecule is NC(=O)c1c(Cl)cccc1Nc1ccc(C(=O)O)cc1. The lowest BCUT2D eigenvalue weighted by molar-refractivity contribution is 0.0696. The Hall–Kier alpha value is -2.53. The Morgan fingerprint density at radius 3 is 2.30 bits per heavy atom. The molecule has 0 radical (unpaired) electrons. The van der Waals surface area contributed by atoms with Gasteiger partial charge in [0.1, 0.15) is 0 Å². The van der Waals surface area contributed by atoms with Gasteiger partial charge in [0.2, 0.25) is 0 Å². The summed E-state index contributed by atoms with van der Waals surface area (Å²) in [4.78, 5) is 22.2. The van der Waals surface area contributed by atoms with E-state index in [1.54, 1.807) is 30.3 Å². The van der Waals surface area contributed by atoms with E-state index in [0.29, 0.717) is 11.4 Å². The van der Waals surface area contributed by atoms with Crippen LogP contribution in [-0.2, 0) is 0 Å². The number of amides is 1. The standard InChI is InChI=1S/C14H11ClN2O3/c15-10-2-1-3-11(12(10)13(16)18)17-9-6-4-8(5-7-9)14(19)20/h1-7,17H,(H2,16,18)(H,19,20). The molecule has 2 rings (SSSR count). The van der Waals surface area contributed by atoms with Crippen LogP contribution in [0.4, 0.5) is 11.4 Å². The van der Waals surface area contributed by atoms with Crippen LogP contribution >= 0.6 is 11.6 Å². The van der Waals surface area contributed by atoms with Crippen molar-refractivity contribution >= 4 is 34.9 Å². The molecule has 1 amide bonds. The summed E-state index contributed by atoms with van der Waals surface area (Å²) in [5.74, 6) is -1.64. The first-order chi connectivity index (χ1) is 9.49. The molecule has 6 heteroatoms. The maximum Gasteiger partial charge on any atom is 0.335 e. The van der Waals surface area contributed by atoms with Crippen LogP contribution in [0.3, 0.4) is 0 Å². The van der Waals surface area contributed by atoms with E-state index in [1.165, 1.54) is 12.1 Å². The van der Waals surface area contributed by atoms with Gasteiger partial charge in [-0.2, -0.15) is 0 Å². The number of rotatable bonds is 4. The zero-order valence-corrected chi connectivity index (χ0v) is 11.0. The molecule has 102 valence electrons. The van der Waals surface area contributed by atoms with Crippen LogP contribution in [0.2, 0.25) is 5.02 Å². The van der Waals surface area contributed by atoms with Crippen molar-refractivity contribution in [1.82, 2.24) is 0 Å². The van der Waals surface area contributed by atoms with E-state index in [1.807, 2.05) is 0 Å². The molecule has 0 saturated heterocycles. The van der Waals surface area contributed by atoms with Gasteiger partial charge in [0, 0.05) is 5.69 Å². The molecule has 0 unspecified atom stereocenters.